The predicted octanol–water partition coefficient (Wildman–Crippen LogP) is 2.07. The number of nitrogens with one attached hydrogen (secondary N) is 1. The van der Waals surface area contributed by atoms with E-state index in [9.17, 15) is 0 Å². The van der Waals surface area contributed by atoms with Crippen LogP contribution in [-0.2, 0) is 0 Å². The van der Waals surface area contributed by atoms with Gasteiger partial charge >= 0.3 is 0 Å². The van der Waals surface area contributed by atoms with Gasteiger partial charge in [-0.05, 0) is 24.3 Å². The highest BCUT2D eigenvalue weighted by atomic mass is 15.1. The number of hydrogen-bond acceptors (Lipinski definition) is 4. The first-order valence-electron chi connectivity index (χ1n) is 5.33. The Kier molecular flexibility index (Phi) is 3.13. The molecule has 0 atom stereocenters. The van der Waals surface area contributed by atoms with Gasteiger partial charge in [0.1, 0.15) is 0 Å². The zero-order chi connectivity index (χ0) is 10.5. The van der Waals surface area contributed by atoms with Gasteiger partial charge < -0.3 is 5.32 Å². The molecule has 0 unspecified atom stereocenters. The van der Waals surface area contributed by atoms with Crippen molar-refractivity contribution in [2.75, 3.05) is 11.9 Å². The summed E-state index contributed by atoms with van der Waals surface area (Å²) in [6, 6.07) is 2.07. The lowest BCUT2D eigenvalue weighted by molar-refractivity contribution is 0.418. The molecule has 4 heteroatoms. The van der Waals surface area contributed by atoms with Crippen molar-refractivity contribution in [2.45, 2.75) is 31.6 Å². The molecule has 1 aromatic heterocycles. The van der Waals surface area contributed by atoms with Crippen molar-refractivity contribution in [3.05, 3.63) is 18.0 Å². The van der Waals surface area contributed by atoms with Gasteiger partial charge in [0.05, 0.1) is 12.5 Å². The normalized spacial score (nSPS) is 15.4. The van der Waals surface area contributed by atoms with Gasteiger partial charge in [-0.25, -0.2) is 9.97 Å². The Bertz CT molecular complexity index is 348. The monoisotopic (exact) mass is 202 g/mol. The zero-order valence-electron chi connectivity index (χ0n) is 8.61. The number of hydrogen-bond donors (Lipinski definition) is 1. The van der Waals surface area contributed by atoms with E-state index >= 15 is 0 Å². The van der Waals surface area contributed by atoms with Crippen molar-refractivity contribution >= 4 is 5.95 Å². The standard InChI is InChI=1S/C11H14N4/c12-5-2-6-13-11-14-7-10(8-15-11)9-3-1-4-9/h7-9H,1-4,6H2,(H,13,14,15). The molecular weight excluding hydrogens is 188 g/mol. The summed E-state index contributed by atoms with van der Waals surface area (Å²) in [5, 5.41) is 11.4. The molecule has 1 fully saturated rings. The molecule has 1 aromatic rings. The van der Waals surface area contributed by atoms with Crippen molar-refractivity contribution in [1.29, 1.82) is 5.26 Å². The molecule has 0 radical (unpaired) electrons. The third-order valence-corrected chi connectivity index (χ3v) is 2.77. The summed E-state index contributed by atoms with van der Waals surface area (Å²) in [6.45, 7) is 0.610. The molecule has 1 aliphatic rings. The smallest absolute Gasteiger partial charge is 0.222 e. The lowest BCUT2D eigenvalue weighted by Crippen LogP contribution is -2.11. The van der Waals surface area contributed by atoms with Gasteiger partial charge in [-0.3, -0.25) is 0 Å². The minimum absolute atomic E-state index is 0.480. The Balaban J connectivity index is 1.89. The van der Waals surface area contributed by atoms with E-state index in [2.05, 4.69) is 21.4 Å². The number of nitrogens with zero attached hydrogens (tertiary/aromatic N) is 3. The molecule has 0 spiro atoms. The summed E-state index contributed by atoms with van der Waals surface area (Å²) < 4.78 is 0. The maximum atomic E-state index is 8.37. The summed E-state index contributed by atoms with van der Waals surface area (Å²) in [6.07, 6.45) is 8.13. The molecule has 1 aliphatic carbocycles. The van der Waals surface area contributed by atoms with Crippen LogP contribution in [0.25, 0.3) is 0 Å². The van der Waals surface area contributed by atoms with Gasteiger partial charge in [-0.2, -0.15) is 5.26 Å². The maximum absolute atomic E-state index is 8.37. The van der Waals surface area contributed by atoms with Gasteiger partial charge in [0.25, 0.3) is 0 Å². The molecule has 0 saturated heterocycles. The number of rotatable bonds is 4. The molecule has 0 aromatic carbocycles. The second-order valence-electron chi connectivity index (χ2n) is 3.80. The Morgan fingerprint density at radius 2 is 2.13 bits per heavy atom. The fraction of sp³-hybridized carbons (Fsp3) is 0.545. The van der Waals surface area contributed by atoms with Crippen molar-refractivity contribution in [2.24, 2.45) is 0 Å². The molecule has 0 amide bonds. The van der Waals surface area contributed by atoms with E-state index in [0.29, 0.717) is 24.8 Å². The van der Waals surface area contributed by atoms with Crippen molar-refractivity contribution in [1.82, 2.24) is 9.97 Å². The van der Waals surface area contributed by atoms with E-state index in [-0.39, 0.29) is 0 Å². The molecule has 0 bridgehead atoms. The van der Waals surface area contributed by atoms with Gasteiger partial charge in [0.2, 0.25) is 5.95 Å². The first kappa shape index (κ1) is 9.91. The van der Waals surface area contributed by atoms with Crippen LogP contribution in [-0.4, -0.2) is 16.5 Å². The average Bonchev–Trinajstić information content (AvgIpc) is 2.18. The third-order valence-electron chi connectivity index (χ3n) is 2.77. The molecule has 0 aliphatic heterocycles. The lowest BCUT2D eigenvalue weighted by atomic mass is 9.81. The molecule has 4 nitrogen and oxygen atoms in total. The summed E-state index contributed by atoms with van der Waals surface area (Å²) in [5.41, 5.74) is 1.24. The number of nitriles is 1. The van der Waals surface area contributed by atoms with Gasteiger partial charge in [-0.1, -0.05) is 6.42 Å². The van der Waals surface area contributed by atoms with E-state index in [1.165, 1.54) is 24.8 Å². The molecule has 15 heavy (non-hydrogen) atoms. The fourth-order valence-corrected chi connectivity index (χ4v) is 1.61. The second-order valence-corrected chi connectivity index (χ2v) is 3.80. The van der Waals surface area contributed by atoms with Crippen LogP contribution in [0.15, 0.2) is 12.4 Å². The molecule has 2 rings (SSSR count). The van der Waals surface area contributed by atoms with Crippen LogP contribution in [0.2, 0.25) is 0 Å². The van der Waals surface area contributed by atoms with Gasteiger partial charge in [0, 0.05) is 18.9 Å². The first-order valence-corrected chi connectivity index (χ1v) is 5.33. The Morgan fingerprint density at radius 3 is 2.67 bits per heavy atom. The summed E-state index contributed by atoms with van der Waals surface area (Å²) in [4.78, 5) is 8.44. The van der Waals surface area contributed by atoms with Crippen LogP contribution in [0.1, 0.15) is 37.2 Å². The third kappa shape index (κ3) is 2.44. The zero-order valence-corrected chi connectivity index (χ0v) is 8.61. The summed E-state index contributed by atoms with van der Waals surface area (Å²) >= 11 is 0. The maximum Gasteiger partial charge on any atom is 0.222 e. The predicted molar refractivity (Wildman–Crippen MR) is 57.3 cm³/mol. The van der Waals surface area contributed by atoms with Crippen LogP contribution in [0.5, 0.6) is 0 Å². The van der Waals surface area contributed by atoms with Gasteiger partial charge in [-0.15, -0.1) is 0 Å². The summed E-state index contributed by atoms with van der Waals surface area (Å²) in [5.74, 6) is 1.30. The minimum atomic E-state index is 0.480. The summed E-state index contributed by atoms with van der Waals surface area (Å²) in [7, 11) is 0. The van der Waals surface area contributed by atoms with Crippen LogP contribution in [0, 0.1) is 11.3 Å². The van der Waals surface area contributed by atoms with E-state index in [1.54, 1.807) is 0 Å². The van der Waals surface area contributed by atoms with Crippen LogP contribution >= 0.6 is 0 Å². The fourth-order valence-electron chi connectivity index (χ4n) is 1.61. The SMILES string of the molecule is N#CCCNc1ncc(C2CCC2)cn1. The highest BCUT2D eigenvalue weighted by Crippen LogP contribution is 2.35. The van der Waals surface area contributed by atoms with Crippen LogP contribution < -0.4 is 5.32 Å². The van der Waals surface area contributed by atoms with E-state index in [4.69, 9.17) is 5.26 Å². The highest BCUT2D eigenvalue weighted by Gasteiger charge is 2.19. The first-order chi connectivity index (χ1) is 7.40. The van der Waals surface area contributed by atoms with Crippen molar-refractivity contribution in [3.63, 3.8) is 0 Å². The van der Waals surface area contributed by atoms with Crippen LogP contribution in [0.3, 0.4) is 0 Å². The van der Waals surface area contributed by atoms with E-state index in [1.807, 2.05) is 12.4 Å². The Labute approximate surface area is 89.4 Å². The Hall–Kier alpha value is -1.63. The molecular formula is C11H14N4. The lowest BCUT2D eigenvalue weighted by Gasteiger charge is -2.24. The second kappa shape index (κ2) is 4.74. The molecule has 78 valence electrons. The molecule has 1 heterocycles. The number of aromatic nitrogens is 2. The quantitative estimate of drug-likeness (QED) is 0.759. The minimum Gasteiger partial charge on any atom is -0.353 e. The Morgan fingerprint density at radius 1 is 1.40 bits per heavy atom. The highest BCUT2D eigenvalue weighted by molar-refractivity contribution is 5.26. The van der Waals surface area contributed by atoms with E-state index < -0.39 is 0 Å². The topological polar surface area (TPSA) is 61.6 Å². The van der Waals surface area contributed by atoms with Gasteiger partial charge in [0.15, 0.2) is 0 Å². The molecule has 1 saturated carbocycles. The van der Waals surface area contributed by atoms with Crippen molar-refractivity contribution in [3.8, 4) is 6.07 Å². The number of anilines is 1. The average molecular weight is 202 g/mol. The largest absolute Gasteiger partial charge is 0.353 e. The van der Waals surface area contributed by atoms with Crippen LogP contribution in [0.4, 0.5) is 5.95 Å². The van der Waals surface area contributed by atoms with E-state index in [0.717, 1.165) is 0 Å². The van der Waals surface area contributed by atoms with Crippen molar-refractivity contribution < 1.29 is 0 Å². The molecule has 1 N–H and O–H groups in total.